The Morgan fingerprint density at radius 3 is 2.71 bits per heavy atom. The number of hydrogen-bond acceptors (Lipinski definition) is 3. The van der Waals surface area contributed by atoms with Crippen molar-refractivity contribution in [2.45, 2.75) is 32.2 Å². The average molecular weight is 198 g/mol. The molecule has 1 unspecified atom stereocenters. The maximum atomic E-state index is 11.0. The first-order valence-corrected chi connectivity index (χ1v) is 4.98. The summed E-state index contributed by atoms with van der Waals surface area (Å²) in [4.78, 5) is 23.9. The van der Waals surface area contributed by atoms with Gasteiger partial charge in [-0.05, 0) is 33.2 Å². The summed E-state index contributed by atoms with van der Waals surface area (Å²) in [6, 6.07) is 0. The van der Waals surface area contributed by atoms with Crippen LogP contribution in [-0.4, -0.2) is 35.7 Å². The lowest BCUT2D eigenvalue weighted by atomic mass is 9.93. The van der Waals surface area contributed by atoms with Crippen LogP contribution in [0.4, 0.5) is 0 Å². The topological polar surface area (TPSA) is 63.4 Å². The van der Waals surface area contributed by atoms with E-state index in [1.54, 1.807) is 0 Å². The van der Waals surface area contributed by atoms with Crippen LogP contribution in [0.15, 0.2) is 0 Å². The smallest absolute Gasteiger partial charge is 0.221 e. The van der Waals surface area contributed by atoms with Crippen LogP contribution in [0.25, 0.3) is 0 Å². The quantitative estimate of drug-likeness (QED) is 0.657. The Labute approximate surface area is 84.4 Å². The number of carbonyl (C=O) groups excluding carboxylic acids is 2. The monoisotopic (exact) mass is 198 g/mol. The van der Waals surface area contributed by atoms with E-state index in [4.69, 9.17) is 5.73 Å². The van der Waals surface area contributed by atoms with Gasteiger partial charge < -0.3 is 10.5 Å². The molecule has 0 saturated carbocycles. The van der Waals surface area contributed by atoms with Gasteiger partial charge in [0.15, 0.2) is 0 Å². The highest BCUT2D eigenvalue weighted by atomic mass is 16.1. The van der Waals surface area contributed by atoms with Crippen LogP contribution < -0.4 is 5.73 Å². The molecule has 2 N–H and O–H groups in total. The minimum Gasteiger partial charge on any atom is -0.369 e. The highest BCUT2D eigenvalue weighted by molar-refractivity contribution is 5.77. The van der Waals surface area contributed by atoms with Crippen molar-refractivity contribution in [3.8, 4) is 0 Å². The molecule has 0 aromatic heterocycles. The van der Waals surface area contributed by atoms with E-state index in [0.717, 1.165) is 25.7 Å². The minimum absolute atomic E-state index is 0.0945. The van der Waals surface area contributed by atoms with E-state index in [1.165, 1.54) is 0 Å². The largest absolute Gasteiger partial charge is 0.369 e. The van der Waals surface area contributed by atoms with E-state index < -0.39 is 5.54 Å². The van der Waals surface area contributed by atoms with Crippen molar-refractivity contribution in [3.63, 3.8) is 0 Å². The van der Waals surface area contributed by atoms with Gasteiger partial charge in [-0.25, -0.2) is 0 Å². The van der Waals surface area contributed by atoms with Gasteiger partial charge in [0, 0.05) is 6.54 Å². The summed E-state index contributed by atoms with van der Waals surface area (Å²) in [7, 11) is 0. The van der Waals surface area contributed by atoms with Gasteiger partial charge in [0.05, 0.1) is 11.5 Å². The molecule has 0 bridgehead atoms. The van der Waals surface area contributed by atoms with Gasteiger partial charge in [-0.2, -0.15) is 0 Å². The Morgan fingerprint density at radius 2 is 2.21 bits per heavy atom. The molecule has 1 aliphatic heterocycles. The molecule has 1 aliphatic rings. The maximum absolute atomic E-state index is 11.0. The minimum atomic E-state index is -0.478. The molecule has 0 aliphatic carbocycles. The van der Waals surface area contributed by atoms with Gasteiger partial charge in [0.1, 0.15) is 6.29 Å². The molecule has 0 radical (unpaired) electrons. The average Bonchev–Trinajstić information content (AvgIpc) is 2.18. The number of amides is 1. The van der Waals surface area contributed by atoms with Crippen molar-refractivity contribution in [1.29, 1.82) is 0 Å². The summed E-state index contributed by atoms with van der Waals surface area (Å²) in [5, 5.41) is 0. The van der Waals surface area contributed by atoms with Crippen molar-refractivity contribution in [1.82, 2.24) is 4.90 Å². The Morgan fingerprint density at radius 1 is 1.57 bits per heavy atom. The van der Waals surface area contributed by atoms with Crippen molar-refractivity contribution in [2.75, 3.05) is 13.1 Å². The predicted molar refractivity (Wildman–Crippen MR) is 53.6 cm³/mol. The van der Waals surface area contributed by atoms with Crippen LogP contribution in [0.1, 0.15) is 26.7 Å². The molecule has 1 saturated heterocycles. The Hall–Kier alpha value is -0.900. The fourth-order valence-electron chi connectivity index (χ4n) is 1.81. The molecule has 0 spiro atoms. The van der Waals surface area contributed by atoms with Crippen molar-refractivity contribution < 1.29 is 9.59 Å². The van der Waals surface area contributed by atoms with Crippen molar-refractivity contribution >= 4 is 12.2 Å². The summed E-state index contributed by atoms with van der Waals surface area (Å²) in [5.41, 5.74) is 4.78. The third-order valence-electron chi connectivity index (χ3n) is 2.93. The number of piperidine rings is 1. The first kappa shape index (κ1) is 11.2. The molecular formula is C10H18N2O2. The van der Waals surface area contributed by atoms with Crippen LogP contribution in [0.3, 0.4) is 0 Å². The zero-order chi connectivity index (χ0) is 10.8. The lowest BCUT2D eigenvalue weighted by molar-refractivity contribution is -0.127. The third kappa shape index (κ3) is 2.32. The molecule has 1 atom stereocenters. The van der Waals surface area contributed by atoms with E-state index in [9.17, 15) is 9.59 Å². The molecule has 1 rings (SSSR count). The van der Waals surface area contributed by atoms with Crippen LogP contribution in [0, 0.1) is 5.92 Å². The lowest BCUT2D eigenvalue weighted by Gasteiger charge is -2.39. The van der Waals surface area contributed by atoms with E-state index in [1.807, 2.05) is 18.7 Å². The molecule has 80 valence electrons. The van der Waals surface area contributed by atoms with Gasteiger partial charge in [-0.1, -0.05) is 0 Å². The van der Waals surface area contributed by atoms with Crippen molar-refractivity contribution in [3.05, 3.63) is 0 Å². The molecule has 0 aromatic rings. The van der Waals surface area contributed by atoms with E-state index in [-0.39, 0.29) is 11.8 Å². The SMILES string of the molecule is CC(C)(C=O)N1CCCC(C(N)=O)C1. The van der Waals surface area contributed by atoms with Crippen LogP contribution in [0.5, 0.6) is 0 Å². The standard InChI is InChI=1S/C10H18N2O2/c1-10(2,7-13)12-5-3-4-8(6-12)9(11)14/h7-8H,3-6H2,1-2H3,(H2,11,14). The van der Waals surface area contributed by atoms with Gasteiger partial charge in [0.2, 0.25) is 5.91 Å². The normalized spacial score (nSPS) is 24.6. The molecule has 0 aromatic carbocycles. The van der Waals surface area contributed by atoms with Gasteiger partial charge in [-0.3, -0.25) is 9.69 Å². The fourth-order valence-corrected chi connectivity index (χ4v) is 1.81. The number of primary amides is 1. The molecular weight excluding hydrogens is 180 g/mol. The van der Waals surface area contributed by atoms with Crippen LogP contribution in [0.2, 0.25) is 0 Å². The molecule has 1 amide bonds. The van der Waals surface area contributed by atoms with E-state index in [2.05, 4.69) is 0 Å². The number of hydrogen-bond donors (Lipinski definition) is 1. The zero-order valence-electron chi connectivity index (χ0n) is 8.82. The summed E-state index contributed by atoms with van der Waals surface area (Å²) in [6.07, 6.45) is 2.71. The summed E-state index contributed by atoms with van der Waals surface area (Å²) < 4.78 is 0. The summed E-state index contributed by atoms with van der Waals surface area (Å²) in [5.74, 6) is -0.348. The molecule has 1 heterocycles. The summed E-state index contributed by atoms with van der Waals surface area (Å²) in [6.45, 7) is 5.21. The van der Waals surface area contributed by atoms with Crippen LogP contribution >= 0.6 is 0 Å². The lowest BCUT2D eigenvalue weighted by Crippen LogP contribution is -2.52. The zero-order valence-corrected chi connectivity index (χ0v) is 8.82. The fraction of sp³-hybridized carbons (Fsp3) is 0.800. The van der Waals surface area contributed by atoms with Gasteiger partial charge >= 0.3 is 0 Å². The highest BCUT2D eigenvalue weighted by Gasteiger charge is 2.32. The number of nitrogens with zero attached hydrogens (tertiary/aromatic N) is 1. The predicted octanol–water partition coefficient (Wildman–Crippen LogP) is 0.161. The molecule has 14 heavy (non-hydrogen) atoms. The molecule has 4 nitrogen and oxygen atoms in total. The highest BCUT2D eigenvalue weighted by Crippen LogP contribution is 2.22. The van der Waals surface area contributed by atoms with Gasteiger partial charge in [-0.15, -0.1) is 0 Å². The second-order valence-electron chi connectivity index (χ2n) is 4.46. The summed E-state index contributed by atoms with van der Waals surface area (Å²) >= 11 is 0. The van der Waals surface area contributed by atoms with Gasteiger partial charge in [0.25, 0.3) is 0 Å². The Kier molecular flexibility index (Phi) is 3.26. The number of carbonyl (C=O) groups is 2. The second kappa shape index (κ2) is 4.09. The molecule has 1 fully saturated rings. The Bertz CT molecular complexity index is 238. The second-order valence-corrected chi connectivity index (χ2v) is 4.46. The number of aldehydes is 1. The van der Waals surface area contributed by atoms with E-state index >= 15 is 0 Å². The maximum Gasteiger partial charge on any atom is 0.221 e. The number of nitrogens with two attached hydrogens (primary N) is 1. The Balaban J connectivity index is 2.64. The number of rotatable bonds is 3. The third-order valence-corrected chi connectivity index (χ3v) is 2.93. The first-order valence-electron chi connectivity index (χ1n) is 4.98. The van der Waals surface area contributed by atoms with E-state index in [0.29, 0.717) is 6.54 Å². The van der Waals surface area contributed by atoms with Crippen LogP contribution in [-0.2, 0) is 9.59 Å². The first-order chi connectivity index (χ1) is 6.47. The van der Waals surface area contributed by atoms with Crippen molar-refractivity contribution in [2.24, 2.45) is 11.7 Å². The number of likely N-dealkylation sites (tertiary alicyclic amines) is 1. The molecule has 4 heteroatoms.